The molecule has 37 heavy (non-hydrogen) atoms. The summed E-state index contributed by atoms with van der Waals surface area (Å²) in [6.45, 7) is 6.71. The number of anilines is 2. The highest BCUT2D eigenvalue weighted by Crippen LogP contribution is 2.56. The lowest BCUT2D eigenvalue weighted by Gasteiger charge is -2.31. The molecule has 0 spiro atoms. The molecule has 2 saturated carbocycles. The van der Waals surface area contributed by atoms with E-state index in [-0.39, 0.29) is 23.3 Å². The molecule has 6 rings (SSSR count). The predicted octanol–water partition coefficient (Wildman–Crippen LogP) is 4.67. The monoisotopic (exact) mass is 498 g/mol. The molecule has 2 atom stereocenters. The highest BCUT2D eigenvalue weighted by molar-refractivity contribution is 5.77. The maximum Gasteiger partial charge on any atom is 0.410 e. The first-order valence-corrected chi connectivity index (χ1v) is 12.9. The summed E-state index contributed by atoms with van der Waals surface area (Å²) in [5.74, 6) is 1.79. The van der Waals surface area contributed by atoms with Crippen LogP contribution in [0.25, 0.3) is 11.0 Å². The SMILES string of the molecule is CC(C)(C)OC(=O)N1CCc2cc(Nc3ncc4cc(C#N)c(=O)n(C5CC6CC6C5)c4n3)ccc2C1. The van der Waals surface area contributed by atoms with Gasteiger partial charge in [0.25, 0.3) is 5.56 Å². The van der Waals surface area contributed by atoms with Gasteiger partial charge >= 0.3 is 6.09 Å². The summed E-state index contributed by atoms with van der Waals surface area (Å²) >= 11 is 0. The minimum Gasteiger partial charge on any atom is -0.444 e. The Labute approximate surface area is 215 Å². The summed E-state index contributed by atoms with van der Waals surface area (Å²) in [6, 6.07) is 9.72. The average Bonchev–Trinajstić information content (AvgIpc) is 3.47. The number of aromatic nitrogens is 3. The second kappa shape index (κ2) is 8.58. The van der Waals surface area contributed by atoms with Gasteiger partial charge in [0, 0.05) is 36.4 Å². The van der Waals surface area contributed by atoms with Crippen LogP contribution < -0.4 is 10.9 Å². The first kappa shape index (κ1) is 23.5. The average molecular weight is 499 g/mol. The van der Waals surface area contributed by atoms with E-state index in [9.17, 15) is 14.9 Å². The van der Waals surface area contributed by atoms with Gasteiger partial charge < -0.3 is 15.0 Å². The fourth-order valence-corrected chi connectivity index (χ4v) is 5.73. The van der Waals surface area contributed by atoms with Crippen LogP contribution in [0.1, 0.15) is 62.8 Å². The van der Waals surface area contributed by atoms with E-state index in [4.69, 9.17) is 9.72 Å². The van der Waals surface area contributed by atoms with Gasteiger partial charge in [-0.25, -0.2) is 9.78 Å². The molecular formula is C28H30N6O3. The van der Waals surface area contributed by atoms with Crippen LogP contribution in [0.3, 0.4) is 0 Å². The van der Waals surface area contributed by atoms with Gasteiger partial charge in [-0.3, -0.25) is 9.36 Å². The summed E-state index contributed by atoms with van der Waals surface area (Å²) in [6.07, 6.45) is 5.28. The maximum atomic E-state index is 13.1. The van der Waals surface area contributed by atoms with E-state index in [2.05, 4.69) is 16.4 Å². The van der Waals surface area contributed by atoms with E-state index < -0.39 is 5.60 Å². The number of pyridine rings is 1. The fourth-order valence-electron chi connectivity index (χ4n) is 5.73. The maximum absolute atomic E-state index is 13.1. The Kier molecular flexibility index (Phi) is 5.44. The van der Waals surface area contributed by atoms with Crippen molar-refractivity contribution >= 4 is 28.8 Å². The van der Waals surface area contributed by atoms with Crippen molar-refractivity contribution in [1.29, 1.82) is 5.26 Å². The van der Waals surface area contributed by atoms with Crippen molar-refractivity contribution in [2.24, 2.45) is 11.8 Å². The highest BCUT2D eigenvalue weighted by atomic mass is 16.6. The quantitative estimate of drug-likeness (QED) is 0.558. The number of benzene rings is 1. The molecule has 2 aliphatic carbocycles. The Morgan fingerprint density at radius 3 is 2.68 bits per heavy atom. The molecule has 2 fully saturated rings. The van der Waals surface area contributed by atoms with Crippen molar-refractivity contribution in [3.63, 3.8) is 0 Å². The zero-order valence-corrected chi connectivity index (χ0v) is 21.3. The van der Waals surface area contributed by atoms with Crippen molar-refractivity contribution in [2.45, 2.75) is 64.6 Å². The molecule has 2 unspecified atom stereocenters. The molecule has 190 valence electrons. The van der Waals surface area contributed by atoms with Crippen LogP contribution in [0.4, 0.5) is 16.4 Å². The minimum atomic E-state index is -0.523. The molecule has 1 aliphatic heterocycles. The van der Waals surface area contributed by atoms with E-state index >= 15 is 0 Å². The Hall–Kier alpha value is -3.93. The number of amides is 1. The number of rotatable bonds is 3. The molecule has 3 heterocycles. The van der Waals surface area contributed by atoms with Crippen molar-refractivity contribution in [1.82, 2.24) is 19.4 Å². The third-order valence-electron chi connectivity index (χ3n) is 7.60. The van der Waals surface area contributed by atoms with Gasteiger partial charge in [-0.15, -0.1) is 0 Å². The van der Waals surface area contributed by atoms with Crippen LogP contribution >= 0.6 is 0 Å². The van der Waals surface area contributed by atoms with Crippen LogP contribution in [-0.4, -0.2) is 37.7 Å². The number of nitrogens with zero attached hydrogens (tertiary/aromatic N) is 5. The van der Waals surface area contributed by atoms with Crippen molar-refractivity contribution in [2.75, 3.05) is 11.9 Å². The van der Waals surface area contributed by atoms with Gasteiger partial charge in [0.1, 0.15) is 22.9 Å². The van der Waals surface area contributed by atoms with E-state index in [1.807, 2.05) is 39.0 Å². The molecule has 1 aromatic carbocycles. The molecule has 9 heteroatoms. The smallest absolute Gasteiger partial charge is 0.410 e. The van der Waals surface area contributed by atoms with Gasteiger partial charge in [0.15, 0.2) is 0 Å². The van der Waals surface area contributed by atoms with E-state index in [1.165, 1.54) is 6.42 Å². The van der Waals surface area contributed by atoms with Crippen LogP contribution in [0, 0.1) is 23.2 Å². The summed E-state index contributed by atoms with van der Waals surface area (Å²) in [4.78, 5) is 36.5. The first-order valence-electron chi connectivity index (χ1n) is 12.9. The molecule has 2 aromatic heterocycles. The van der Waals surface area contributed by atoms with Gasteiger partial charge in [0.05, 0.1) is 0 Å². The van der Waals surface area contributed by atoms with Gasteiger partial charge in [0.2, 0.25) is 5.95 Å². The largest absolute Gasteiger partial charge is 0.444 e. The fraction of sp³-hybridized carbons (Fsp3) is 0.464. The normalized spacial score (nSPS) is 22.2. The van der Waals surface area contributed by atoms with E-state index in [0.29, 0.717) is 41.9 Å². The summed E-state index contributed by atoms with van der Waals surface area (Å²) in [5.41, 5.74) is 2.99. The number of hydrogen-bond acceptors (Lipinski definition) is 7. The number of carbonyl (C=O) groups is 1. The Bertz CT molecular complexity index is 1510. The molecule has 3 aliphatic rings. The standard InChI is InChI=1S/C28H30N6O3/c1-28(2,3)37-27(36)33-7-6-16-10-22(5-4-17(16)15-33)31-26-30-14-21-9-20(13-29)25(35)34(24(21)32-26)23-11-18-8-19(18)12-23/h4-5,9-10,14,18-19,23H,6-8,11-12,15H2,1-3H3,(H,30,31,32). The lowest BCUT2D eigenvalue weighted by Crippen LogP contribution is -2.39. The van der Waals surface area contributed by atoms with Crippen LogP contribution in [-0.2, 0) is 17.7 Å². The molecule has 0 saturated heterocycles. The predicted molar refractivity (Wildman–Crippen MR) is 138 cm³/mol. The Morgan fingerprint density at radius 1 is 1.16 bits per heavy atom. The molecule has 0 radical (unpaired) electrons. The topological polar surface area (TPSA) is 113 Å². The van der Waals surface area contributed by atoms with Crippen LogP contribution in [0.2, 0.25) is 0 Å². The van der Waals surface area contributed by atoms with Crippen molar-refractivity contribution in [3.05, 3.63) is 57.5 Å². The molecule has 1 N–H and O–H groups in total. The zero-order chi connectivity index (χ0) is 25.9. The third-order valence-corrected chi connectivity index (χ3v) is 7.60. The summed E-state index contributed by atoms with van der Waals surface area (Å²) in [5, 5.41) is 13.5. The highest BCUT2D eigenvalue weighted by Gasteiger charge is 2.47. The summed E-state index contributed by atoms with van der Waals surface area (Å²) < 4.78 is 7.25. The van der Waals surface area contributed by atoms with Gasteiger partial charge in [-0.2, -0.15) is 10.2 Å². The lowest BCUT2D eigenvalue weighted by atomic mass is 9.99. The molecule has 3 aromatic rings. The molecular weight excluding hydrogens is 468 g/mol. The van der Waals surface area contributed by atoms with E-state index in [1.54, 1.807) is 21.7 Å². The number of ether oxygens (including phenoxy) is 1. The second-order valence-corrected chi connectivity index (χ2v) is 11.5. The number of hydrogen-bond donors (Lipinski definition) is 1. The number of fused-ring (bicyclic) bond motifs is 3. The number of nitrogens with one attached hydrogen (secondary N) is 1. The Balaban J connectivity index is 1.26. The first-order chi connectivity index (χ1) is 17.7. The third kappa shape index (κ3) is 4.52. The van der Waals surface area contributed by atoms with Gasteiger partial charge in [-0.05, 0) is 87.6 Å². The van der Waals surface area contributed by atoms with Gasteiger partial charge in [-0.1, -0.05) is 6.07 Å². The van der Waals surface area contributed by atoms with Crippen molar-refractivity contribution < 1.29 is 9.53 Å². The minimum absolute atomic E-state index is 0.0754. The molecule has 0 bridgehead atoms. The van der Waals surface area contributed by atoms with Crippen molar-refractivity contribution in [3.8, 4) is 6.07 Å². The number of nitriles is 1. The summed E-state index contributed by atoms with van der Waals surface area (Å²) in [7, 11) is 0. The molecule has 1 amide bonds. The second-order valence-electron chi connectivity index (χ2n) is 11.5. The zero-order valence-electron chi connectivity index (χ0n) is 21.3. The Morgan fingerprint density at radius 2 is 1.95 bits per heavy atom. The molecule has 9 nitrogen and oxygen atoms in total. The van der Waals surface area contributed by atoms with E-state index in [0.717, 1.165) is 36.1 Å². The van der Waals surface area contributed by atoms with Crippen LogP contribution in [0.15, 0.2) is 35.3 Å². The lowest BCUT2D eigenvalue weighted by molar-refractivity contribution is 0.0224. The van der Waals surface area contributed by atoms with Crippen LogP contribution in [0.5, 0.6) is 0 Å². The number of carbonyl (C=O) groups excluding carboxylic acids is 1.